The molecule has 164 valence electrons. The number of rotatable bonds is 5. The van der Waals surface area contributed by atoms with Gasteiger partial charge in [0.1, 0.15) is 0 Å². The zero-order valence-corrected chi connectivity index (χ0v) is 18.4. The molecule has 1 amide bonds. The molecule has 2 aromatic carbocycles. The number of piperidine rings is 1. The Bertz CT molecular complexity index is 883. The number of fused-ring (bicyclic) bond motifs is 2. The molecule has 0 unspecified atom stereocenters. The number of benzene rings is 2. The molecule has 2 fully saturated rings. The van der Waals surface area contributed by atoms with Crippen molar-refractivity contribution >= 4 is 5.91 Å². The topological polar surface area (TPSA) is 41.6 Å². The predicted molar refractivity (Wildman–Crippen MR) is 123 cm³/mol. The van der Waals surface area contributed by atoms with Crippen LogP contribution in [0, 0.1) is 0 Å². The highest BCUT2D eigenvalue weighted by atomic mass is 16.5. The van der Waals surface area contributed by atoms with Gasteiger partial charge in [0.25, 0.3) is 0 Å². The van der Waals surface area contributed by atoms with Crippen molar-refractivity contribution in [2.24, 2.45) is 0 Å². The van der Waals surface area contributed by atoms with Crippen LogP contribution in [0.4, 0.5) is 0 Å². The first-order valence-corrected chi connectivity index (χ1v) is 12.0. The summed E-state index contributed by atoms with van der Waals surface area (Å²) in [6, 6.07) is 19.8. The second-order valence-electron chi connectivity index (χ2n) is 9.61. The van der Waals surface area contributed by atoms with Gasteiger partial charge in [0.15, 0.2) is 0 Å². The van der Waals surface area contributed by atoms with Gasteiger partial charge in [-0.3, -0.25) is 9.69 Å². The van der Waals surface area contributed by atoms with E-state index >= 15 is 0 Å². The average molecular weight is 419 g/mol. The fourth-order valence-corrected chi connectivity index (χ4v) is 5.79. The van der Waals surface area contributed by atoms with E-state index < -0.39 is 0 Å². The number of carbonyl (C=O) groups is 1. The van der Waals surface area contributed by atoms with E-state index in [9.17, 15) is 4.79 Å². The van der Waals surface area contributed by atoms with E-state index in [4.69, 9.17) is 4.74 Å². The Labute approximate surface area is 186 Å². The molecule has 1 saturated carbocycles. The molecule has 1 aliphatic carbocycles. The van der Waals surface area contributed by atoms with Crippen LogP contribution in [0.1, 0.15) is 61.6 Å². The minimum absolute atomic E-state index is 0.0306. The summed E-state index contributed by atoms with van der Waals surface area (Å²) >= 11 is 0. The summed E-state index contributed by atoms with van der Waals surface area (Å²) in [5.74, 6) is 0.160. The van der Waals surface area contributed by atoms with Gasteiger partial charge in [-0.2, -0.15) is 0 Å². The summed E-state index contributed by atoms with van der Waals surface area (Å²) in [6.07, 6.45) is 7.97. The van der Waals surface area contributed by atoms with Gasteiger partial charge in [-0.05, 0) is 48.8 Å². The van der Waals surface area contributed by atoms with E-state index in [1.165, 1.54) is 29.5 Å². The summed E-state index contributed by atoms with van der Waals surface area (Å²) in [4.78, 5) is 15.2. The molecular formula is C27H34N2O2. The molecular weight excluding hydrogens is 384 g/mol. The third-order valence-electron chi connectivity index (χ3n) is 7.39. The van der Waals surface area contributed by atoms with Crippen LogP contribution in [0.15, 0.2) is 54.6 Å². The van der Waals surface area contributed by atoms with Crippen LogP contribution in [-0.2, 0) is 28.1 Å². The van der Waals surface area contributed by atoms with Crippen molar-refractivity contribution in [1.82, 2.24) is 10.2 Å². The molecule has 1 spiro atoms. The number of likely N-dealkylation sites (tertiary alicyclic amines) is 1. The van der Waals surface area contributed by atoms with E-state index in [0.29, 0.717) is 12.5 Å². The highest BCUT2D eigenvalue weighted by Gasteiger charge is 2.44. The Morgan fingerprint density at radius 2 is 1.71 bits per heavy atom. The van der Waals surface area contributed by atoms with Gasteiger partial charge in [0.2, 0.25) is 5.91 Å². The number of carbonyl (C=O) groups excluding carboxylic acids is 1. The average Bonchev–Trinajstić information content (AvgIpc) is 3.29. The van der Waals surface area contributed by atoms with Crippen LogP contribution < -0.4 is 5.32 Å². The molecule has 2 aliphatic heterocycles. The van der Waals surface area contributed by atoms with E-state index in [-0.39, 0.29) is 17.6 Å². The van der Waals surface area contributed by atoms with Gasteiger partial charge in [-0.15, -0.1) is 0 Å². The second kappa shape index (κ2) is 9.13. The molecule has 4 heteroatoms. The van der Waals surface area contributed by atoms with E-state index in [1.54, 1.807) is 0 Å². The third kappa shape index (κ3) is 4.70. The van der Waals surface area contributed by atoms with Gasteiger partial charge in [-0.25, -0.2) is 0 Å². The number of nitrogens with zero attached hydrogens (tertiary/aromatic N) is 1. The molecule has 4 nitrogen and oxygen atoms in total. The van der Waals surface area contributed by atoms with Crippen molar-refractivity contribution in [1.29, 1.82) is 0 Å². The molecule has 2 heterocycles. The van der Waals surface area contributed by atoms with Crippen molar-refractivity contribution < 1.29 is 9.53 Å². The lowest BCUT2D eigenvalue weighted by atomic mass is 9.77. The molecule has 5 rings (SSSR count). The van der Waals surface area contributed by atoms with Crippen LogP contribution in [0.2, 0.25) is 0 Å². The highest BCUT2D eigenvalue weighted by molar-refractivity contribution is 5.77. The van der Waals surface area contributed by atoms with Crippen LogP contribution in [0.3, 0.4) is 0 Å². The zero-order chi connectivity index (χ0) is 21.1. The molecule has 0 aromatic heterocycles. The summed E-state index contributed by atoms with van der Waals surface area (Å²) < 4.78 is 6.79. The fraction of sp³-hybridized carbons (Fsp3) is 0.519. The minimum atomic E-state index is -0.250. The lowest BCUT2D eigenvalue weighted by Crippen LogP contribution is -2.49. The maximum Gasteiger partial charge on any atom is 0.222 e. The predicted octanol–water partition coefficient (Wildman–Crippen LogP) is 4.57. The van der Waals surface area contributed by atoms with E-state index in [0.717, 1.165) is 51.7 Å². The van der Waals surface area contributed by atoms with Crippen LogP contribution in [-0.4, -0.2) is 36.0 Å². The normalized spacial score (nSPS) is 23.5. The van der Waals surface area contributed by atoms with Gasteiger partial charge in [-0.1, -0.05) is 67.4 Å². The molecule has 31 heavy (non-hydrogen) atoms. The molecule has 2 aromatic rings. The first-order chi connectivity index (χ1) is 15.2. The summed E-state index contributed by atoms with van der Waals surface area (Å²) in [6.45, 7) is 3.03. The van der Waals surface area contributed by atoms with Gasteiger partial charge in [0.05, 0.1) is 18.1 Å². The minimum Gasteiger partial charge on any atom is -0.366 e. The summed E-state index contributed by atoms with van der Waals surface area (Å²) in [5.41, 5.74) is 3.83. The SMILES string of the molecule is O=C(C[C@H]1Cc2ccccc2C2(CCN(Cc3ccccc3)CC2)O1)NC1CCCC1. The maximum atomic E-state index is 12.7. The third-order valence-corrected chi connectivity index (χ3v) is 7.39. The number of ether oxygens (including phenoxy) is 1. The van der Waals surface area contributed by atoms with Crippen LogP contribution in [0.25, 0.3) is 0 Å². The number of hydrogen-bond acceptors (Lipinski definition) is 3. The molecule has 1 saturated heterocycles. The summed E-state index contributed by atoms with van der Waals surface area (Å²) in [5, 5.41) is 3.25. The first kappa shape index (κ1) is 20.7. The Morgan fingerprint density at radius 3 is 2.48 bits per heavy atom. The molecule has 1 atom stereocenters. The van der Waals surface area contributed by atoms with Crippen LogP contribution in [0.5, 0.6) is 0 Å². The van der Waals surface area contributed by atoms with Crippen molar-refractivity contribution in [2.45, 2.75) is 75.7 Å². The van der Waals surface area contributed by atoms with Crippen molar-refractivity contribution in [2.75, 3.05) is 13.1 Å². The zero-order valence-electron chi connectivity index (χ0n) is 18.4. The Hall–Kier alpha value is -2.17. The fourth-order valence-electron chi connectivity index (χ4n) is 5.79. The number of amides is 1. The Balaban J connectivity index is 1.26. The van der Waals surface area contributed by atoms with Crippen molar-refractivity contribution in [3.63, 3.8) is 0 Å². The van der Waals surface area contributed by atoms with Gasteiger partial charge in [0, 0.05) is 25.7 Å². The monoisotopic (exact) mass is 418 g/mol. The molecule has 1 N–H and O–H groups in total. The van der Waals surface area contributed by atoms with E-state index in [2.05, 4.69) is 64.8 Å². The van der Waals surface area contributed by atoms with Gasteiger partial charge >= 0.3 is 0 Å². The van der Waals surface area contributed by atoms with Crippen molar-refractivity contribution in [3.05, 3.63) is 71.3 Å². The second-order valence-corrected chi connectivity index (χ2v) is 9.61. The first-order valence-electron chi connectivity index (χ1n) is 12.0. The van der Waals surface area contributed by atoms with E-state index in [1.807, 2.05) is 0 Å². The standard InChI is InChI=1S/C27H34N2O2/c30-26(28-23-11-5-6-12-23)19-24-18-22-10-4-7-13-25(22)27(31-24)14-16-29(17-15-27)20-21-8-2-1-3-9-21/h1-4,7-10,13,23-24H,5-6,11-12,14-20H2,(H,28,30)/t24-/m1/s1. The molecule has 0 bridgehead atoms. The molecule has 0 radical (unpaired) electrons. The van der Waals surface area contributed by atoms with Crippen LogP contribution >= 0.6 is 0 Å². The lowest BCUT2D eigenvalue weighted by Gasteiger charge is -2.47. The Morgan fingerprint density at radius 1 is 1.00 bits per heavy atom. The Kier molecular flexibility index (Phi) is 6.10. The largest absolute Gasteiger partial charge is 0.366 e. The maximum absolute atomic E-state index is 12.7. The van der Waals surface area contributed by atoms with Gasteiger partial charge < -0.3 is 10.1 Å². The smallest absolute Gasteiger partial charge is 0.222 e. The molecule has 3 aliphatic rings. The highest BCUT2D eigenvalue weighted by Crippen LogP contribution is 2.44. The van der Waals surface area contributed by atoms with Crippen molar-refractivity contribution in [3.8, 4) is 0 Å². The quantitative estimate of drug-likeness (QED) is 0.773. The number of nitrogens with one attached hydrogen (secondary N) is 1. The summed E-state index contributed by atoms with van der Waals surface area (Å²) in [7, 11) is 0. The lowest BCUT2D eigenvalue weighted by molar-refractivity contribution is -0.150. The number of hydrogen-bond donors (Lipinski definition) is 1.